The van der Waals surface area contributed by atoms with Gasteiger partial charge in [0.1, 0.15) is 0 Å². The van der Waals surface area contributed by atoms with E-state index < -0.39 is 0 Å². The minimum Gasteiger partial charge on any atom is -0.369 e. The third-order valence-electron chi connectivity index (χ3n) is 5.13. The molecular formula is C22H21N3. The normalized spacial score (nSPS) is 14.5. The molecule has 3 nitrogen and oxygen atoms in total. The van der Waals surface area contributed by atoms with Crippen molar-refractivity contribution in [3.05, 3.63) is 72.9 Å². The maximum absolute atomic E-state index is 3.71. The molecule has 0 spiro atoms. The molecule has 5 rings (SSSR count). The Morgan fingerprint density at radius 3 is 2.28 bits per heavy atom. The van der Waals surface area contributed by atoms with Crippen LogP contribution in [0.3, 0.4) is 0 Å². The molecule has 1 aliphatic heterocycles. The van der Waals surface area contributed by atoms with Crippen LogP contribution in [0.25, 0.3) is 16.4 Å². The number of anilines is 3. The molecule has 0 atom stereocenters. The Kier molecular flexibility index (Phi) is 3.37. The molecule has 0 saturated carbocycles. The summed E-state index contributed by atoms with van der Waals surface area (Å²) >= 11 is 0. The summed E-state index contributed by atoms with van der Waals surface area (Å²) in [6.45, 7) is 2.26. The summed E-state index contributed by atoms with van der Waals surface area (Å²) in [5.41, 5.74) is 6.16. The zero-order valence-corrected chi connectivity index (χ0v) is 14.2. The van der Waals surface area contributed by atoms with Crippen LogP contribution in [0, 0.1) is 0 Å². The zero-order chi connectivity index (χ0) is 16.6. The van der Waals surface area contributed by atoms with Crippen molar-refractivity contribution in [3.8, 4) is 0 Å². The van der Waals surface area contributed by atoms with E-state index in [0.717, 1.165) is 18.8 Å². The first-order valence-electron chi connectivity index (χ1n) is 9.00. The largest absolute Gasteiger partial charge is 0.369 e. The number of pyridine rings is 1. The van der Waals surface area contributed by atoms with Gasteiger partial charge in [0, 0.05) is 30.4 Å². The van der Waals surface area contributed by atoms with E-state index in [0.29, 0.717) is 0 Å². The molecule has 4 aromatic rings. The molecule has 2 aromatic carbocycles. The van der Waals surface area contributed by atoms with Gasteiger partial charge < -0.3 is 14.6 Å². The van der Waals surface area contributed by atoms with Crippen molar-refractivity contribution in [3.63, 3.8) is 0 Å². The van der Waals surface area contributed by atoms with Crippen LogP contribution < -0.4 is 10.2 Å². The van der Waals surface area contributed by atoms with Gasteiger partial charge in [0.2, 0.25) is 0 Å². The quantitative estimate of drug-likeness (QED) is 0.541. The second-order valence-electron chi connectivity index (χ2n) is 6.69. The first-order valence-corrected chi connectivity index (χ1v) is 9.00. The summed E-state index contributed by atoms with van der Waals surface area (Å²) in [5, 5.41) is 5.02. The number of hydrogen-bond donors (Lipinski definition) is 1. The lowest BCUT2D eigenvalue weighted by Gasteiger charge is -2.25. The van der Waals surface area contributed by atoms with E-state index in [4.69, 9.17) is 0 Å². The highest BCUT2D eigenvalue weighted by atomic mass is 15.2. The smallest absolute Gasteiger partial charge is 0.0873 e. The monoisotopic (exact) mass is 327 g/mol. The van der Waals surface area contributed by atoms with Crippen LogP contribution in [0.1, 0.15) is 12.8 Å². The van der Waals surface area contributed by atoms with E-state index in [9.17, 15) is 0 Å². The van der Waals surface area contributed by atoms with Crippen LogP contribution in [-0.4, -0.2) is 17.5 Å². The number of nitrogens with one attached hydrogen (secondary N) is 1. The molecule has 1 N–H and O–H groups in total. The van der Waals surface area contributed by atoms with E-state index in [-0.39, 0.29) is 0 Å². The van der Waals surface area contributed by atoms with Gasteiger partial charge in [0.15, 0.2) is 0 Å². The SMILES string of the molecule is c1ccc(Nc2c(N3CCCC3)c3ccccc3n3cccc23)cc1. The molecule has 1 fully saturated rings. The van der Waals surface area contributed by atoms with E-state index >= 15 is 0 Å². The first kappa shape index (κ1) is 14.4. The molecule has 2 aromatic heterocycles. The summed E-state index contributed by atoms with van der Waals surface area (Å²) in [4.78, 5) is 2.54. The molecule has 1 saturated heterocycles. The fraction of sp³-hybridized carbons (Fsp3) is 0.182. The van der Waals surface area contributed by atoms with Crippen molar-refractivity contribution < 1.29 is 0 Å². The molecule has 1 aliphatic rings. The van der Waals surface area contributed by atoms with Crippen molar-refractivity contribution >= 4 is 33.5 Å². The molecule has 3 heterocycles. The van der Waals surface area contributed by atoms with Crippen LogP contribution >= 0.6 is 0 Å². The highest BCUT2D eigenvalue weighted by Gasteiger charge is 2.22. The Morgan fingerprint density at radius 1 is 0.720 bits per heavy atom. The van der Waals surface area contributed by atoms with Gasteiger partial charge in [-0.15, -0.1) is 0 Å². The highest BCUT2D eigenvalue weighted by molar-refractivity contribution is 6.06. The predicted octanol–water partition coefficient (Wildman–Crippen LogP) is 5.44. The Balaban J connectivity index is 1.82. The fourth-order valence-corrected chi connectivity index (χ4v) is 3.99. The van der Waals surface area contributed by atoms with Gasteiger partial charge in [0.25, 0.3) is 0 Å². The van der Waals surface area contributed by atoms with Gasteiger partial charge in [-0.1, -0.05) is 36.4 Å². The standard InChI is InChI=1S/C22H21N3/c1-2-9-17(10-3-1)23-21-20-13-8-16-25(20)19-12-5-4-11-18(19)22(21)24-14-6-7-15-24/h1-5,8-13,16,23H,6-7,14-15H2. The van der Waals surface area contributed by atoms with Crippen molar-refractivity contribution in [2.75, 3.05) is 23.3 Å². The van der Waals surface area contributed by atoms with E-state index in [2.05, 4.69) is 87.5 Å². The fourth-order valence-electron chi connectivity index (χ4n) is 3.99. The van der Waals surface area contributed by atoms with Crippen LogP contribution in [-0.2, 0) is 0 Å². The third-order valence-corrected chi connectivity index (χ3v) is 5.13. The molecule has 0 radical (unpaired) electrons. The molecule has 25 heavy (non-hydrogen) atoms. The Bertz CT molecular complexity index is 1030. The van der Waals surface area contributed by atoms with Crippen LogP contribution in [0.2, 0.25) is 0 Å². The highest BCUT2D eigenvalue weighted by Crippen LogP contribution is 2.41. The van der Waals surface area contributed by atoms with Gasteiger partial charge in [-0.2, -0.15) is 0 Å². The topological polar surface area (TPSA) is 19.7 Å². The number of nitrogens with zero attached hydrogens (tertiary/aromatic N) is 2. The van der Waals surface area contributed by atoms with Crippen molar-refractivity contribution in [2.24, 2.45) is 0 Å². The maximum Gasteiger partial charge on any atom is 0.0873 e. The Hall–Kier alpha value is -2.94. The summed E-state index contributed by atoms with van der Waals surface area (Å²) in [6, 6.07) is 23.5. The summed E-state index contributed by atoms with van der Waals surface area (Å²) in [6.07, 6.45) is 4.69. The average molecular weight is 327 g/mol. The van der Waals surface area contributed by atoms with Crippen molar-refractivity contribution in [1.82, 2.24) is 4.40 Å². The van der Waals surface area contributed by atoms with Gasteiger partial charge in [-0.25, -0.2) is 0 Å². The minimum absolute atomic E-state index is 1.13. The third kappa shape index (κ3) is 2.35. The van der Waals surface area contributed by atoms with E-state index in [1.165, 1.54) is 40.6 Å². The van der Waals surface area contributed by atoms with Crippen molar-refractivity contribution in [1.29, 1.82) is 0 Å². The van der Waals surface area contributed by atoms with Crippen LogP contribution in [0.5, 0.6) is 0 Å². The second-order valence-corrected chi connectivity index (χ2v) is 6.69. The lowest BCUT2D eigenvalue weighted by atomic mass is 10.1. The molecule has 0 unspecified atom stereocenters. The molecule has 3 heteroatoms. The lowest BCUT2D eigenvalue weighted by molar-refractivity contribution is 0.949. The van der Waals surface area contributed by atoms with Gasteiger partial charge in [0.05, 0.1) is 22.4 Å². The molecule has 0 amide bonds. The summed E-state index contributed by atoms with van der Waals surface area (Å²) in [5.74, 6) is 0. The van der Waals surface area contributed by atoms with Crippen LogP contribution in [0.15, 0.2) is 72.9 Å². The Labute approximate surface area is 147 Å². The maximum atomic E-state index is 3.71. The van der Waals surface area contributed by atoms with Crippen LogP contribution in [0.4, 0.5) is 17.1 Å². The predicted molar refractivity (Wildman–Crippen MR) is 106 cm³/mol. The van der Waals surface area contributed by atoms with Gasteiger partial charge >= 0.3 is 0 Å². The van der Waals surface area contributed by atoms with Crippen molar-refractivity contribution in [2.45, 2.75) is 12.8 Å². The van der Waals surface area contributed by atoms with E-state index in [1.54, 1.807) is 0 Å². The average Bonchev–Trinajstić information content (AvgIpc) is 3.35. The summed E-state index contributed by atoms with van der Waals surface area (Å²) in [7, 11) is 0. The molecule has 0 aliphatic carbocycles. The number of rotatable bonds is 3. The number of hydrogen-bond acceptors (Lipinski definition) is 2. The van der Waals surface area contributed by atoms with E-state index in [1.807, 2.05) is 0 Å². The minimum atomic E-state index is 1.13. The first-order chi connectivity index (χ1) is 12.4. The Morgan fingerprint density at radius 2 is 1.44 bits per heavy atom. The molecule has 124 valence electrons. The van der Waals surface area contributed by atoms with Gasteiger partial charge in [-0.05, 0) is 43.2 Å². The number of fused-ring (bicyclic) bond motifs is 3. The van der Waals surface area contributed by atoms with Gasteiger partial charge in [-0.3, -0.25) is 0 Å². The molecular weight excluding hydrogens is 306 g/mol. The number of benzene rings is 2. The lowest BCUT2D eigenvalue weighted by Crippen LogP contribution is -2.20. The zero-order valence-electron chi connectivity index (χ0n) is 14.2. The molecule has 0 bridgehead atoms. The summed E-state index contributed by atoms with van der Waals surface area (Å²) < 4.78 is 2.29. The second kappa shape index (κ2) is 5.85. The number of aromatic nitrogens is 1. The number of para-hydroxylation sites is 2.